The van der Waals surface area contributed by atoms with Crippen LogP contribution in [0, 0.1) is 36.0 Å². The van der Waals surface area contributed by atoms with E-state index in [0.717, 1.165) is 26.1 Å². The van der Waals surface area contributed by atoms with Crippen molar-refractivity contribution >= 4 is 78.4 Å². The van der Waals surface area contributed by atoms with Crippen molar-refractivity contribution in [3.63, 3.8) is 0 Å². The minimum atomic E-state index is -1.30. The minimum Gasteiger partial charge on any atom is -0.508 e. The molecule has 2 aromatic heterocycles. The summed E-state index contributed by atoms with van der Waals surface area (Å²) >= 11 is 11.4. The number of thiophene rings is 1. The predicted molar refractivity (Wildman–Crippen MR) is 196 cm³/mol. The maximum Gasteiger partial charge on any atom is 0.242 e. The van der Waals surface area contributed by atoms with Crippen LogP contribution in [0.15, 0.2) is 58.6 Å². The summed E-state index contributed by atoms with van der Waals surface area (Å²) in [5.41, 5.74) is 0.961. The number of imide groups is 2. The molecule has 4 amide bonds. The molecule has 2 aromatic carbocycles. The Morgan fingerprint density at radius 1 is 1.02 bits per heavy atom. The van der Waals surface area contributed by atoms with Crippen LogP contribution in [0.25, 0.3) is 20.7 Å². The van der Waals surface area contributed by atoms with Crippen LogP contribution >= 0.6 is 38.9 Å². The molecule has 2 saturated heterocycles. The minimum absolute atomic E-state index is 0.00569. The Morgan fingerprint density at radius 2 is 1.76 bits per heavy atom. The lowest BCUT2D eigenvalue weighted by Gasteiger charge is -2.49. The highest BCUT2D eigenvalue weighted by atomic mass is 79.9. The summed E-state index contributed by atoms with van der Waals surface area (Å²) in [6.07, 6.45) is 2.57. The van der Waals surface area contributed by atoms with E-state index >= 15 is 0 Å². The molecule has 258 valence electrons. The summed E-state index contributed by atoms with van der Waals surface area (Å²) in [5.74, 6) is -4.08. The van der Waals surface area contributed by atoms with E-state index < -0.39 is 46.5 Å². The Labute approximate surface area is 307 Å². The molecule has 0 unspecified atom stereocenters. The van der Waals surface area contributed by atoms with E-state index in [9.17, 15) is 24.3 Å². The first-order chi connectivity index (χ1) is 23.5. The average molecular weight is 776 g/mol. The van der Waals surface area contributed by atoms with Crippen molar-refractivity contribution in [1.29, 1.82) is 0 Å². The second-order valence-corrected chi connectivity index (χ2v) is 17.7. The largest absolute Gasteiger partial charge is 0.508 e. The normalized spacial score (nSPS) is 28.0. The molecule has 2 aliphatic heterocycles. The molecule has 0 spiro atoms. The molecule has 2 aliphatic carbocycles. The second-order valence-electron chi connectivity index (χ2n) is 15.3. The lowest BCUT2D eigenvalue weighted by Crippen LogP contribution is -2.49. The van der Waals surface area contributed by atoms with Crippen molar-refractivity contribution in [2.45, 2.75) is 58.9 Å². The van der Waals surface area contributed by atoms with E-state index in [4.69, 9.17) is 16.7 Å². The van der Waals surface area contributed by atoms with Gasteiger partial charge in [0.1, 0.15) is 17.3 Å². The predicted octanol–water partition coefficient (Wildman–Crippen LogP) is 7.76. The van der Waals surface area contributed by atoms with Crippen molar-refractivity contribution in [2.75, 3.05) is 4.90 Å². The smallest absolute Gasteiger partial charge is 0.242 e. The number of allylic oxidation sites excluding steroid dienone is 2. The number of nitrogens with zero attached hydrogens (tertiary/aromatic N) is 4. The fourth-order valence-electron chi connectivity index (χ4n) is 9.21. The Bertz CT molecular complexity index is 2230. The number of halogens is 2. The number of amides is 4. The van der Waals surface area contributed by atoms with Gasteiger partial charge in [0.05, 0.1) is 28.0 Å². The maximum absolute atomic E-state index is 15.0. The zero-order valence-corrected chi connectivity index (χ0v) is 31.6. The summed E-state index contributed by atoms with van der Waals surface area (Å²) < 4.78 is 3.33. The first kappa shape index (κ1) is 33.3. The molecule has 9 nitrogen and oxygen atoms in total. The van der Waals surface area contributed by atoms with Gasteiger partial charge in [-0.25, -0.2) is 4.90 Å². The number of phenolic OH excluding ortho intramolecular Hbond substituents is 1. The van der Waals surface area contributed by atoms with Crippen LogP contribution in [0.4, 0.5) is 5.82 Å². The zero-order chi connectivity index (χ0) is 35.8. The number of phenols is 1. The van der Waals surface area contributed by atoms with Gasteiger partial charge in [0, 0.05) is 44.3 Å². The van der Waals surface area contributed by atoms with Crippen LogP contribution in [0.2, 0.25) is 5.02 Å². The number of aromatic hydroxyl groups is 1. The topological polar surface area (TPSA) is 113 Å². The number of aryl methyl sites for hydroxylation is 2. The first-order valence-electron chi connectivity index (χ1n) is 16.7. The van der Waals surface area contributed by atoms with Crippen molar-refractivity contribution in [3.8, 4) is 16.3 Å². The molecule has 8 rings (SSSR count). The van der Waals surface area contributed by atoms with Gasteiger partial charge in [-0.15, -0.1) is 11.3 Å². The number of likely N-dealkylation sites (tertiary alicyclic amines) is 1. The van der Waals surface area contributed by atoms with Gasteiger partial charge in [-0.3, -0.25) is 28.8 Å². The van der Waals surface area contributed by atoms with Gasteiger partial charge in [0.2, 0.25) is 23.6 Å². The number of carbonyl (C=O) groups excluding carboxylic acids is 4. The lowest BCUT2D eigenvalue weighted by molar-refractivity contribution is -0.145. The Hall–Kier alpha value is -3.80. The Kier molecular flexibility index (Phi) is 7.40. The maximum atomic E-state index is 15.0. The first-order valence-corrected chi connectivity index (χ1v) is 18.7. The van der Waals surface area contributed by atoms with Crippen LogP contribution < -0.4 is 4.90 Å². The van der Waals surface area contributed by atoms with E-state index in [1.807, 2.05) is 58.9 Å². The van der Waals surface area contributed by atoms with Crippen LogP contribution in [-0.4, -0.2) is 49.0 Å². The van der Waals surface area contributed by atoms with Gasteiger partial charge in [0.15, 0.2) is 0 Å². The summed E-state index contributed by atoms with van der Waals surface area (Å²) in [5, 5.41) is 17.8. The van der Waals surface area contributed by atoms with Crippen molar-refractivity contribution in [1.82, 2.24) is 14.7 Å². The second kappa shape index (κ2) is 11.1. The molecule has 50 heavy (non-hydrogen) atoms. The monoisotopic (exact) mass is 774 g/mol. The van der Waals surface area contributed by atoms with Crippen LogP contribution in [0.1, 0.15) is 57.6 Å². The Morgan fingerprint density at radius 3 is 2.48 bits per heavy atom. The number of anilines is 1. The SMILES string of the molecule is Cc1c(-c2cc(N3C(=O)[C@@H]4C[C@@H]5C(=CC[C@@H]6C(=O)N(C(C)(C)C)C(=O)[C@@H]65)[C@H](c5cc(Br)ccc5O)[C@]4(C)C3=O)n(C)n2)sc2ccc(Cl)cc12. The molecule has 12 heteroatoms. The Balaban J connectivity index is 1.26. The number of aromatic nitrogens is 2. The highest BCUT2D eigenvalue weighted by Gasteiger charge is 2.68. The zero-order valence-electron chi connectivity index (χ0n) is 28.5. The fourth-order valence-corrected chi connectivity index (χ4v) is 10.9. The van der Waals surface area contributed by atoms with E-state index in [0.29, 0.717) is 33.0 Å². The molecule has 1 N–H and O–H groups in total. The molecule has 1 saturated carbocycles. The third-order valence-electron chi connectivity index (χ3n) is 11.5. The van der Waals surface area contributed by atoms with Crippen molar-refractivity contribution in [2.24, 2.45) is 36.1 Å². The quantitative estimate of drug-likeness (QED) is 0.168. The van der Waals surface area contributed by atoms with Crippen LogP contribution in [0.3, 0.4) is 0 Å². The summed E-state index contributed by atoms with van der Waals surface area (Å²) in [4.78, 5) is 61.2. The van der Waals surface area contributed by atoms with Gasteiger partial charge >= 0.3 is 0 Å². The van der Waals surface area contributed by atoms with E-state index in [1.165, 1.54) is 9.80 Å². The molecule has 4 aromatic rings. The molecular formula is C38H36BrClN4O5S. The molecule has 6 atom stereocenters. The lowest BCUT2D eigenvalue weighted by atomic mass is 9.51. The molecule has 4 aliphatic rings. The van der Waals surface area contributed by atoms with E-state index in [1.54, 1.807) is 47.3 Å². The third-order valence-corrected chi connectivity index (χ3v) is 13.5. The van der Waals surface area contributed by atoms with E-state index in [2.05, 4.69) is 15.9 Å². The van der Waals surface area contributed by atoms with Gasteiger partial charge in [0.25, 0.3) is 0 Å². The number of rotatable bonds is 3. The number of hydrogen-bond acceptors (Lipinski definition) is 7. The van der Waals surface area contributed by atoms with Crippen LogP contribution in [0.5, 0.6) is 5.75 Å². The van der Waals surface area contributed by atoms with E-state index in [-0.39, 0.29) is 29.9 Å². The van der Waals surface area contributed by atoms with Crippen molar-refractivity contribution in [3.05, 3.63) is 74.7 Å². The highest BCUT2D eigenvalue weighted by molar-refractivity contribution is 9.10. The fraction of sp³-hybridized carbons (Fsp3) is 0.395. The number of fused-ring (bicyclic) bond motifs is 5. The summed E-state index contributed by atoms with van der Waals surface area (Å²) in [6, 6.07) is 12.6. The van der Waals surface area contributed by atoms with Gasteiger partial charge in [-0.05, 0) is 101 Å². The molecular weight excluding hydrogens is 740 g/mol. The summed E-state index contributed by atoms with van der Waals surface area (Å²) in [7, 11) is 1.72. The molecule has 0 radical (unpaired) electrons. The van der Waals surface area contributed by atoms with Gasteiger partial charge in [-0.2, -0.15) is 5.10 Å². The standard InChI is InChI=1S/C38H36BrClN4O5S/c1-17-22-14-19(40)8-12-28(22)50-32(17)26-16-29(42(6)41-26)43-34(47)25-15-23-20(9-10-21-30(23)35(48)44(33(21)46)37(2,3)4)31(38(25,5)36(43)49)24-13-18(39)7-11-27(24)45/h7-9,11-14,16,21,23,25,30-31,45H,10,15H2,1-6H3/t21-,23+,25-,30-,31+,38+/m0/s1. The van der Waals surface area contributed by atoms with Crippen molar-refractivity contribution < 1.29 is 24.3 Å². The van der Waals surface area contributed by atoms with Gasteiger partial charge < -0.3 is 5.11 Å². The third kappa shape index (κ3) is 4.51. The molecule has 3 fully saturated rings. The highest BCUT2D eigenvalue weighted by Crippen LogP contribution is 2.64. The number of hydrogen-bond donors (Lipinski definition) is 1. The molecule has 0 bridgehead atoms. The van der Waals surface area contributed by atoms with Gasteiger partial charge in [-0.1, -0.05) is 39.2 Å². The molecule has 4 heterocycles. The summed E-state index contributed by atoms with van der Waals surface area (Å²) in [6.45, 7) is 9.37. The average Bonchev–Trinajstić information content (AvgIpc) is 3.72. The number of benzene rings is 2. The number of carbonyl (C=O) groups is 4. The van der Waals surface area contributed by atoms with Crippen LogP contribution in [-0.2, 0) is 26.2 Å².